The van der Waals surface area contributed by atoms with Gasteiger partial charge in [-0.3, -0.25) is 0 Å². The van der Waals surface area contributed by atoms with Crippen LogP contribution in [0.15, 0.2) is 48.7 Å². The monoisotopic (exact) mass is 307 g/mol. The molecule has 0 fully saturated rings. The maximum Gasteiger partial charge on any atom is 0.577 e. The van der Waals surface area contributed by atoms with Gasteiger partial charge >= 0.3 is 12.2 Å². The van der Waals surface area contributed by atoms with Crippen LogP contribution in [0.4, 0.5) is 13.2 Å². The van der Waals surface area contributed by atoms with E-state index in [0.29, 0.717) is 17.0 Å². The smallest absolute Gasteiger partial charge is 0.350 e. The number of hydrogen-bond donors (Lipinski definition) is 1. The van der Waals surface area contributed by atoms with Crippen molar-refractivity contribution in [3.63, 3.8) is 0 Å². The molecule has 2 heterocycles. The Kier molecular flexibility index (Phi) is 3.50. The van der Waals surface area contributed by atoms with Crippen LogP contribution in [0, 0.1) is 0 Å². The molecule has 0 unspecified atom stereocenters. The van der Waals surface area contributed by atoms with Crippen LogP contribution in [0.25, 0.3) is 22.5 Å². The third kappa shape index (κ3) is 3.05. The number of benzene rings is 1. The molecular weight excluding hydrogens is 297 g/mol. The molecule has 2 aromatic heterocycles. The normalized spacial score (nSPS) is 11.4. The van der Waals surface area contributed by atoms with E-state index in [-0.39, 0.29) is 0 Å². The highest BCUT2D eigenvalue weighted by Crippen LogP contribution is 2.28. The third-order valence-electron chi connectivity index (χ3n) is 2.88. The fraction of sp³-hybridized carbons (Fsp3) is 0.0714. The maximum absolute atomic E-state index is 12.1. The lowest BCUT2D eigenvalue weighted by atomic mass is 10.1. The molecule has 8 heteroatoms. The molecule has 0 saturated heterocycles. The van der Waals surface area contributed by atoms with E-state index in [2.05, 4.69) is 25.1 Å². The minimum Gasteiger partial charge on any atom is -0.350 e. The summed E-state index contributed by atoms with van der Waals surface area (Å²) in [6, 6.07) is 12.0. The third-order valence-corrected chi connectivity index (χ3v) is 2.88. The Labute approximate surface area is 122 Å². The lowest BCUT2D eigenvalue weighted by molar-refractivity contribution is -0.423. The quantitative estimate of drug-likeness (QED) is 0.809. The minimum atomic E-state index is -4.74. The lowest BCUT2D eigenvalue weighted by Crippen LogP contribution is -2.22. The first-order chi connectivity index (χ1) is 10.5. The van der Waals surface area contributed by atoms with E-state index >= 15 is 0 Å². The molecule has 0 atom stereocenters. The topological polar surface area (TPSA) is 64.9 Å². The second-order valence-electron chi connectivity index (χ2n) is 4.38. The number of rotatable bonds is 3. The molecule has 0 bridgehead atoms. The van der Waals surface area contributed by atoms with Crippen LogP contribution < -0.4 is 9.72 Å². The molecule has 0 aliphatic heterocycles. The van der Waals surface area contributed by atoms with Gasteiger partial charge in [0, 0.05) is 5.56 Å². The number of aromatic nitrogens is 4. The number of hydrogen-bond acceptors (Lipinski definition) is 3. The summed E-state index contributed by atoms with van der Waals surface area (Å²) in [6.07, 6.45) is -3.35. The van der Waals surface area contributed by atoms with Crippen molar-refractivity contribution in [3.05, 3.63) is 48.7 Å². The molecule has 22 heavy (non-hydrogen) atoms. The number of nitrogens with zero attached hydrogens (tertiary/aromatic N) is 2. The highest BCUT2D eigenvalue weighted by Gasteiger charge is 2.33. The number of ether oxygens (including phenoxy) is 1. The molecule has 0 saturated carbocycles. The zero-order chi connectivity index (χ0) is 15.6. The second kappa shape index (κ2) is 5.47. The average Bonchev–Trinajstić information content (AvgIpc) is 2.97. The van der Waals surface area contributed by atoms with Crippen molar-refractivity contribution in [1.29, 1.82) is 0 Å². The first-order valence-electron chi connectivity index (χ1n) is 6.27. The summed E-state index contributed by atoms with van der Waals surface area (Å²) >= 11 is 0. The van der Waals surface area contributed by atoms with Crippen LogP contribution in [0.2, 0.25) is 0 Å². The number of aromatic amines is 2. The van der Waals surface area contributed by atoms with Crippen molar-refractivity contribution in [1.82, 2.24) is 15.4 Å². The van der Waals surface area contributed by atoms with Gasteiger partial charge in [0.15, 0.2) is 6.20 Å². The summed E-state index contributed by atoms with van der Waals surface area (Å²) in [7, 11) is 0. The largest absolute Gasteiger partial charge is 0.577 e. The van der Waals surface area contributed by atoms with Crippen molar-refractivity contribution in [3.8, 4) is 28.4 Å². The number of halogens is 3. The van der Waals surface area contributed by atoms with Gasteiger partial charge in [-0.25, -0.2) is 0 Å². The lowest BCUT2D eigenvalue weighted by Gasteiger charge is -2.04. The SMILES string of the molecule is FC(F)(F)Oc1ccc(-c2n[nH]nc2-c2ccccc2)c[nH+]1. The van der Waals surface area contributed by atoms with Crippen LogP contribution >= 0.6 is 0 Å². The summed E-state index contributed by atoms with van der Waals surface area (Å²) in [5.74, 6) is -0.402. The van der Waals surface area contributed by atoms with Crippen LogP contribution in [-0.2, 0) is 0 Å². The van der Waals surface area contributed by atoms with Crippen molar-refractivity contribution >= 4 is 0 Å². The standard InChI is InChI=1S/C14H9F3N4O/c15-14(16,17)22-11-7-6-10(8-18-11)13-12(19-21-20-13)9-4-2-1-3-5-9/h1-8H,(H,19,20,21)/p+1. The van der Waals surface area contributed by atoms with Gasteiger partial charge in [-0.1, -0.05) is 30.3 Å². The summed E-state index contributed by atoms with van der Waals surface area (Å²) < 4.78 is 40.2. The Morgan fingerprint density at radius 3 is 2.18 bits per heavy atom. The number of alkyl halides is 3. The molecule has 1 aromatic carbocycles. The fourth-order valence-electron chi connectivity index (χ4n) is 1.98. The van der Waals surface area contributed by atoms with Crippen LogP contribution in [0.5, 0.6) is 5.88 Å². The average molecular weight is 307 g/mol. The fourth-order valence-corrected chi connectivity index (χ4v) is 1.98. The van der Waals surface area contributed by atoms with E-state index in [1.807, 2.05) is 30.3 Å². The molecule has 0 aliphatic rings. The first kappa shape index (κ1) is 14.1. The molecule has 0 amide bonds. The molecule has 0 spiro atoms. The molecule has 0 radical (unpaired) electrons. The van der Waals surface area contributed by atoms with E-state index in [0.717, 1.165) is 5.56 Å². The van der Waals surface area contributed by atoms with Crippen LogP contribution in [0.1, 0.15) is 0 Å². The summed E-state index contributed by atoms with van der Waals surface area (Å²) in [5, 5.41) is 10.7. The van der Waals surface area contributed by atoms with Crippen molar-refractivity contribution in [2.24, 2.45) is 0 Å². The van der Waals surface area contributed by atoms with Gasteiger partial charge in [-0.2, -0.15) is 20.4 Å². The Balaban J connectivity index is 1.91. The molecule has 3 aromatic rings. The Morgan fingerprint density at radius 1 is 0.909 bits per heavy atom. The predicted octanol–water partition coefficient (Wildman–Crippen LogP) is 2.85. The number of pyridine rings is 1. The van der Waals surface area contributed by atoms with E-state index in [1.54, 1.807) is 0 Å². The zero-order valence-corrected chi connectivity index (χ0v) is 11.1. The summed E-state index contributed by atoms with van der Waals surface area (Å²) in [6.45, 7) is 0. The number of nitrogens with one attached hydrogen (secondary N) is 2. The van der Waals surface area contributed by atoms with E-state index in [1.165, 1.54) is 18.3 Å². The predicted molar refractivity (Wildman–Crippen MR) is 70.5 cm³/mol. The molecule has 0 aliphatic carbocycles. The van der Waals surface area contributed by atoms with Gasteiger partial charge in [0.1, 0.15) is 11.4 Å². The van der Waals surface area contributed by atoms with E-state index in [4.69, 9.17) is 0 Å². The van der Waals surface area contributed by atoms with E-state index in [9.17, 15) is 13.2 Å². The molecule has 2 N–H and O–H groups in total. The van der Waals surface area contributed by atoms with Gasteiger partial charge in [-0.05, 0) is 6.07 Å². The Bertz CT molecular complexity index is 754. The van der Waals surface area contributed by atoms with Crippen LogP contribution in [-0.4, -0.2) is 21.8 Å². The Morgan fingerprint density at radius 2 is 1.59 bits per heavy atom. The van der Waals surface area contributed by atoms with E-state index < -0.39 is 12.2 Å². The summed E-state index contributed by atoms with van der Waals surface area (Å²) in [5.41, 5.74) is 2.57. The number of H-pyrrole nitrogens is 2. The molecule has 5 nitrogen and oxygen atoms in total. The highest BCUT2D eigenvalue weighted by atomic mass is 19.4. The second-order valence-corrected chi connectivity index (χ2v) is 4.38. The maximum atomic E-state index is 12.1. The van der Waals surface area contributed by atoms with Gasteiger partial charge in [0.05, 0.1) is 11.6 Å². The van der Waals surface area contributed by atoms with Gasteiger partial charge in [-0.15, -0.1) is 13.2 Å². The molecule has 3 rings (SSSR count). The van der Waals surface area contributed by atoms with Gasteiger partial charge in [0.25, 0.3) is 0 Å². The summed E-state index contributed by atoms with van der Waals surface area (Å²) in [4.78, 5) is 2.44. The van der Waals surface area contributed by atoms with Crippen molar-refractivity contribution in [2.45, 2.75) is 6.36 Å². The minimum absolute atomic E-state index is 0.402. The first-order valence-corrected chi connectivity index (χ1v) is 6.27. The zero-order valence-electron chi connectivity index (χ0n) is 11.1. The Hall–Kier alpha value is -2.90. The molecule has 112 valence electrons. The van der Waals surface area contributed by atoms with Gasteiger partial charge < -0.3 is 4.74 Å². The van der Waals surface area contributed by atoms with Gasteiger partial charge in [0.2, 0.25) is 0 Å². The van der Waals surface area contributed by atoms with Crippen LogP contribution in [0.3, 0.4) is 0 Å². The van der Waals surface area contributed by atoms with Crippen molar-refractivity contribution in [2.75, 3.05) is 0 Å². The van der Waals surface area contributed by atoms with Crippen molar-refractivity contribution < 1.29 is 22.9 Å². The molecular formula is C14H10F3N4O+. The highest BCUT2D eigenvalue weighted by molar-refractivity contribution is 5.76.